The van der Waals surface area contributed by atoms with Crippen molar-refractivity contribution in [2.45, 2.75) is 32.9 Å². The lowest BCUT2D eigenvalue weighted by molar-refractivity contribution is 0.0754. The van der Waals surface area contributed by atoms with Crippen LogP contribution >= 0.6 is 0 Å². The molecule has 0 aliphatic carbocycles. The highest BCUT2D eigenvalue weighted by Gasteiger charge is 2.12. The largest absolute Gasteiger partial charge is 0.383 e. The van der Waals surface area contributed by atoms with Gasteiger partial charge in [-0.05, 0) is 6.92 Å². The predicted octanol–water partition coefficient (Wildman–Crippen LogP) is 0.968. The summed E-state index contributed by atoms with van der Waals surface area (Å²) >= 11 is 0. The molecule has 1 atom stereocenters. The molecule has 0 amide bonds. The molecule has 0 bridgehead atoms. The lowest BCUT2D eigenvalue weighted by atomic mass is 10.3. The Kier molecular flexibility index (Phi) is 9.92. The second kappa shape index (κ2) is 10.0. The quantitative estimate of drug-likeness (QED) is 0.608. The van der Waals surface area contributed by atoms with Crippen LogP contribution in [0, 0.1) is 0 Å². The van der Waals surface area contributed by atoms with E-state index in [1.165, 1.54) is 0 Å². The SMILES string of the molecule is COCCN(CCNC(C)C)C(C)COC. The van der Waals surface area contributed by atoms with Crippen LogP contribution in [-0.4, -0.2) is 64.1 Å². The molecule has 0 spiro atoms. The summed E-state index contributed by atoms with van der Waals surface area (Å²) in [7, 11) is 3.49. The number of nitrogens with zero attached hydrogens (tertiary/aromatic N) is 1. The second-order valence-electron chi connectivity index (χ2n) is 4.44. The fourth-order valence-electron chi connectivity index (χ4n) is 1.60. The van der Waals surface area contributed by atoms with E-state index in [9.17, 15) is 0 Å². The van der Waals surface area contributed by atoms with Gasteiger partial charge in [-0.15, -0.1) is 0 Å². The van der Waals surface area contributed by atoms with Crippen molar-refractivity contribution in [1.29, 1.82) is 0 Å². The highest BCUT2D eigenvalue weighted by Crippen LogP contribution is 1.99. The summed E-state index contributed by atoms with van der Waals surface area (Å²) in [6, 6.07) is 0.983. The second-order valence-corrected chi connectivity index (χ2v) is 4.44. The first-order valence-corrected chi connectivity index (χ1v) is 6.07. The van der Waals surface area contributed by atoms with Crippen molar-refractivity contribution in [2.24, 2.45) is 0 Å². The van der Waals surface area contributed by atoms with E-state index >= 15 is 0 Å². The molecule has 0 aliphatic heterocycles. The van der Waals surface area contributed by atoms with Gasteiger partial charge in [0.2, 0.25) is 0 Å². The standard InChI is InChI=1S/C12H28N2O2/c1-11(2)13-6-7-14(8-9-15-4)12(3)10-16-5/h11-13H,6-10H2,1-5H3. The van der Waals surface area contributed by atoms with Gasteiger partial charge in [0.15, 0.2) is 0 Å². The van der Waals surface area contributed by atoms with Gasteiger partial charge in [-0.1, -0.05) is 13.8 Å². The minimum absolute atomic E-state index is 0.439. The van der Waals surface area contributed by atoms with Crippen molar-refractivity contribution in [3.8, 4) is 0 Å². The fraction of sp³-hybridized carbons (Fsp3) is 1.00. The summed E-state index contributed by atoms with van der Waals surface area (Å²) < 4.78 is 10.3. The minimum atomic E-state index is 0.439. The average Bonchev–Trinajstić information content (AvgIpc) is 2.22. The molecule has 0 saturated carbocycles. The Bertz CT molecular complexity index is 154. The Morgan fingerprint density at radius 3 is 2.25 bits per heavy atom. The van der Waals surface area contributed by atoms with Crippen LogP contribution in [-0.2, 0) is 9.47 Å². The predicted molar refractivity (Wildman–Crippen MR) is 67.9 cm³/mol. The summed E-state index contributed by atoms with van der Waals surface area (Å²) in [5.74, 6) is 0. The molecule has 16 heavy (non-hydrogen) atoms. The van der Waals surface area contributed by atoms with Gasteiger partial charge >= 0.3 is 0 Å². The van der Waals surface area contributed by atoms with Gasteiger partial charge in [0.05, 0.1) is 13.2 Å². The monoisotopic (exact) mass is 232 g/mol. The Hall–Kier alpha value is -0.160. The maximum atomic E-state index is 5.19. The molecule has 0 radical (unpaired) electrons. The van der Waals surface area contributed by atoms with Crippen LogP contribution in [0.15, 0.2) is 0 Å². The highest BCUT2D eigenvalue weighted by molar-refractivity contribution is 4.68. The van der Waals surface area contributed by atoms with Gasteiger partial charge in [0.1, 0.15) is 0 Å². The normalized spacial score (nSPS) is 13.7. The van der Waals surface area contributed by atoms with Crippen molar-refractivity contribution in [3.63, 3.8) is 0 Å². The first kappa shape index (κ1) is 15.8. The van der Waals surface area contributed by atoms with Crippen LogP contribution < -0.4 is 5.32 Å². The lowest BCUT2D eigenvalue weighted by Gasteiger charge is -2.28. The van der Waals surface area contributed by atoms with Gasteiger partial charge in [-0.25, -0.2) is 0 Å². The average molecular weight is 232 g/mol. The summed E-state index contributed by atoms with van der Waals surface area (Å²) in [5, 5.41) is 3.43. The number of hydrogen-bond donors (Lipinski definition) is 1. The minimum Gasteiger partial charge on any atom is -0.383 e. The molecule has 0 rings (SSSR count). The van der Waals surface area contributed by atoms with Crippen molar-refractivity contribution in [3.05, 3.63) is 0 Å². The van der Waals surface area contributed by atoms with E-state index in [0.29, 0.717) is 12.1 Å². The van der Waals surface area contributed by atoms with Crippen molar-refractivity contribution in [2.75, 3.05) is 47.1 Å². The molecule has 1 N–H and O–H groups in total. The van der Waals surface area contributed by atoms with E-state index < -0.39 is 0 Å². The van der Waals surface area contributed by atoms with Crippen LogP contribution in [0.5, 0.6) is 0 Å². The molecular formula is C12H28N2O2. The number of hydrogen-bond acceptors (Lipinski definition) is 4. The third-order valence-electron chi connectivity index (χ3n) is 2.57. The molecule has 0 saturated heterocycles. The summed E-state index contributed by atoms with van der Waals surface area (Å²) in [6.07, 6.45) is 0. The molecule has 98 valence electrons. The molecule has 0 fully saturated rings. The molecule has 4 nitrogen and oxygen atoms in total. The summed E-state index contributed by atoms with van der Waals surface area (Å²) in [6.45, 7) is 11.1. The van der Waals surface area contributed by atoms with E-state index in [1.807, 2.05) is 0 Å². The van der Waals surface area contributed by atoms with Crippen molar-refractivity contribution < 1.29 is 9.47 Å². The zero-order valence-corrected chi connectivity index (χ0v) is 11.5. The number of rotatable bonds is 10. The first-order chi connectivity index (χ1) is 7.61. The van der Waals surface area contributed by atoms with Crippen LogP contribution in [0.3, 0.4) is 0 Å². The topological polar surface area (TPSA) is 33.7 Å². The molecule has 0 aliphatic rings. The lowest BCUT2D eigenvalue weighted by Crippen LogP contribution is -2.43. The van der Waals surface area contributed by atoms with E-state index in [0.717, 1.165) is 32.8 Å². The maximum Gasteiger partial charge on any atom is 0.0615 e. The smallest absolute Gasteiger partial charge is 0.0615 e. The van der Waals surface area contributed by atoms with Crippen molar-refractivity contribution in [1.82, 2.24) is 10.2 Å². The van der Waals surface area contributed by atoms with Crippen LogP contribution in [0.1, 0.15) is 20.8 Å². The van der Waals surface area contributed by atoms with Gasteiger partial charge in [0.25, 0.3) is 0 Å². The Labute approximate surface area is 100 Å². The Morgan fingerprint density at radius 2 is 1.75 bits per heavy atom. The first-order valence-electron chi connectivity index (χ1n) is 6.07. The van der Waals surface area contributed by atoms with Gasteiger partial charge in [-0.3, -0.25) is 4.90 Å². The molecular weight excluding hydrogens is 204 g/mol. The van der Waals surface area contributed by atoms with E-state index in [4.69, 9.17) is 9.47 Å². The van der Waals surface area contributed by atoms with Gasteiger partial charge < -0.3 is 14.8 Å². The molecule has 0 aromatic carbocycles. The van der Waals surface area contributed by atoms with Gasteiger partial charge in [-0.2, -0.15) is 0 Å². The summed E-state index contributed by atoms with van der Waals surface area (Å²) in [4.78, 5) is 2.39. The van der Waals surface area contributed by atoms with Crippen LogP contribution in [0.4, 0.5) is 0 Å². The number of ether oxygens (including phenoxy) is 2. The molecule has 1 unspecified atom stereocenters. The molecule has 0 aromatic rings. The van der Waals surface area contributed by atoms with Crippen LogP contribution in [0.25, 0.3) is 0 Å². The molecule has 0 heterocycles. The number of nitrogens with one attached hydrogen (secondary N) is 1. The zero-order valence-electron chi connectivity index (χ0n) is 11.5. The maximum absolute atomic E-state index is 5.19. The van der Waals surface area contributed by atoms with Crippen molar-refractivity contribution >= 4 is 0 Å². The molecule has 0 aromatic heterocycles. The van der Waals surface area contributed by atoms with E-state index in [1.54, 1.807) is 14.2 Å². The Balaban J connectivity index is 3.88. The van der Waals surface area contributed by atoms with Crippen LogP contribution in [0.2, 0.25) is 0 Å². The molecule has 4 heteroatoms. The Morgan fingerprint density at radius 1 is 1.06 bits per heavy atom. The summed E-state index contributed by atoms with van der Waals surface area (Å²) in [5.41, 5.74) is 0. The van der Waals surface area contributed by atoms with E-state index in [2.05, 4.69) is 31.0 Å². The third kappa shape index (κ3) is 8.05. The fourth-order valence-corrected chi connectivity index (χ4v) is 1.60. The number of methoxy groups -OCH3 is 2. The third-order valence-corrected chi connectivity index (χ3v) is 2.57. The zero-order chi connectivity index (χ0) is 12.4. The van der Waals surface area contributed by atoms with Gasteiger partial charge in [0, 0.05) is 45.9 Å². The van der Waals surface area contributed by atoms with E-state index in [-0.39, 0.29) is 0 Å². The highest BCUT2D eigenvalue weighted by atomic mass is 16.5.